The highest BCUT2D eigenvalue weighted by Gasteiger charge is 2.24. The molecule has 2 atom stereocenters. The van der Waals surface area contributed by atoms with E-state index in [0.29, 0.717) is 54.0 Å². The van der Waals surface area contributed by atoms with Gasteiger partial charge in [-0.3, -0.25) is 4.79 Å². The summed E-state index contributed by atoms with van der Waals surface area (Å²) in [5, 5.41) is 23.0. The lowest BCUT2D eigenvalue weighted by atomic mass is 9.96. The van der Waals surface area contributed by atoms with E-state index in [1.54, 1.807) is 12.1 Å². The highest BCUT2D eigenvalue weighted by Crippen LogP contribution is 2.39. The van der Waals surface area contributed by atoms with E-state index in [2.05, 4.69) is 50.5 Å². The zero-order valence-electron chi connectivity index (χ0n) is 30.5. The fourth-order valence-electron chi connectivity index (χ4n) is 5.89. The van der Waals surface area contributed by atoms with Crippen molar-refractivity contribution in [2.45, 2.75) is 88.2 Å². The summed E-state index contributed by atoms with van der Waals surface area (Å²) in [5.74, 6) is 1.22. The molecule has 3 aromatic rings. The van der Waals surface area contributed by atoms with Gasteiger partial charge < -0.3 is 33.9 Å². The van der Waals surface area contributed by atoms with Crippen molar-refractivity contribution in [1.82, 2.24) is 9.80 Å². The first kappa shape index (κ1) is 38.1. The maximum Gasteiger partial charge on any atom is 0.204 e. The molecule has 2 aromatic carbocycles. The molecule has 1 heterocycles. The Bertz CT molecular complexity index is 1610. The molecule has 8 nitrogen and oxygen atoms in total. The molecule has 8 heteroatoms. The van der Waals surface area contributed by atoms with Gasteiger partial charge in [-0.25, -0.2) is 0 Å². The maximum atomic E-state index is 14.4. The zero-order valence-corrected chi connectivity index (χ0v) is 30.5. The lowest BCUT2D eigenvalue weighted by Crippen LogP contribution is -2.35. The molecule has 47 heavy (non-hydrogen) atoms. The average molecular weight is 651 g/mol. The minimum atomic E-state index is -0.671. The molecule has 0 saturated carbocycles. The van der Waals surface area contributed by atoms with Crippen molar-refractivity contribution >= 4 is 21.9 Å². The molecule has 0 bridgehead atoms. The average Bonchev–Trinajstić information content (AvgIpc) is 3.03. The lowest BCUT2D eigenvalue weighted by Gasteiger charge is -2.23. The Labute approximate surface area is 281 Å². The molecule has 0 saturated heterocycles. The van der Waals surface area contributed by atoms with Gasteiger partial charge in [-0.1, -0.05) is 57.9 Å². The van der Waals surface area contributed by atoms with E-state index in [1.807, 2.05) is 40.7 Å². The van der Waals surface area contributed by atoms with Crippen molar-refractivity contribution in [1.29, 1.82) is 0 Å². The molecule has 0 aliphatic heterocycles. The zero-order chi connectivity index (χ0) is 34.8. The third kappa shape index (κ3) is 9.84. The first-order chi connectivity index (χ1) is 22.3. The lowest BCUT2D eigenvalue weighted by molar-refractivity contribution is 0.0714. The van der Waals surface area contributed by atoms with Crippen LogP contribution in [0.15, 0.2) is 44.6 Å². The highest BCUT2D eigenvalue weighted by molar-refractivity contribution is 5.97. The number of benzene rings is 2. The molecular weight excluding hydrogens is 592 g/mol. The van der Waals surface area contributed by atoms with Gasteiger partial charge in [-0.05, 0) is 84.8 Å². The van der Waals surface area contributed by atoms with Gasteiger partial charge in [0.15, 0.2) is 0 Å². The van der Waals surface area contributed by atoms with E-state index < -0.39 is 6.10 Å². The van der Waals surface area contributed by atoms with Crippen LogP contribution >= 0.6 is 0 Å². The number of phenolic OH excluding ortho intramolecular Hbond substituents is 1. The molecule has 0 fully saturated rings. The number of likely N-dealkylation sites (N-methyl/N-ethyl adjacent to an activating group) is 1. The predicted octanol–water partition coefficient (Wildman–Crippen LogP) is 7.42. The fourth-order valence-corrected chi connectivity index (χ4v) is 5.89. The number of aliphatic hydroxyl groups excluding tert-OH is 1. The molecular formula is C39H58N2O6. The maximum absolute atomic E-state index is 14.4. The quantitative estimate of drug-likeness (QED) is 0.109. The number of phenols is 1. The summed E-state index contributed by atoms with van der Waals surface area (Å²) in [6.45, 7) is 26.2. The van der Waals surface area contributed by atoms with Crippen LogP contribution in [0, 0.1) is 12.8 Å². The Balaban J connectivity index is 2.19. The summed E-state index contributed by atoms with van der Waals surface area (Å²) in [7, 11) is 0. The predicted molar refractivity (Wildman–Crippen MR) is 194 cm³/mol. The summed E-state index contributed by atoms with van der Waals surface area (Å²) < 4.78 is 19.0. The first-order valence-corrected chi connectivity index (χ1v) is 17.3. The molecule has 2 unspecified atom stereocenters. The number of hydrogen-bond donors (Lipinski definition) is 2. The van der Waals surface area contributed by atoms with Gasteiger partial charge in [0.05, 0.1) is 12.0 Å². The Hall–Kier alpha value is -3.33. The van der Waals surface area contributed by atoms with Crippen LogP contribution in [-0.4, -0.2) is 78.6 Å². The highest BCUT2D eigenvalue weighted by atomic mass is 16.5. The second-order valence-electron chi connectivity index (χ2n) is 13.2. The van der Waals surface area contributed by atoms with Gasteiger partial charge in [-0.15, -0.1) is 0 Å². The third-order valence-electron chi connectivity index (χ3n) is 8.85. The van der Waals surface area contributed by atoms with Gasteiger partial charge in [0.2, 0.25) is 5.43 Å². The van der Waals surface area contributed by atoms with E-state index in [0.717, 1.165) is 55.0 Å². The van der Waals surface area contributed by atoms with Crippen LogP contribution in [0.2, 0.25) is 0 Å². The molecule has 0 spiro atoms. The second-order valence-corrected chi connectivity index (χ2v) is 13.2. The number of allylic oxidation sites excluding steroid dienone is 4. The minimum absolute atomic E-state index is 0.104. The van der Waals surface area contributed by atoms with Crippen molar-refractivity contribution in [3.05, 3.63) is 62.3 Å². The Morgan fingerprint density at radius 3 is 1.89 bits per heavy atom. The van der Waals surface area contributed by atoms with E-state index in [1.165, 1.54) is 0 Å². The summed E-state index contributed by atoms with van der Waals surface area (Å²) in [6.07, 6.45) is 4.35. The number of hydrogen-bond acceptors (Lipinski definition) is 8. The van der Waals surface area contributed by atoms with Crippen molar-refractivity contribution in [2.24, 2.45) is 5.92 Å². The summed E-state index contributed by atoms with van der Waals surface area (Å²) >= 11 is 0. The molecule has 0 radical (unpaired) electrons. The molecule has 3 rings (SSSR count). The summed E-state index contributed by atoms with van der Waals surface area (Å²) in [4.78, 5) is 18.9. The molecule has 0 aliphatic rings. The van der Waals surface area contributed by atoms with Gasteiger partial charge in [0, 0.05) is 36.7 Å². The van der Waals surface area contributed by atoms with E-state index >= 15 is 0 Å². The van der Waals surface area contributed by atoms with Crippen molar-refractivity contribution in [2.75, 3.05) is 52.5 Å². The van der Waals surface area contributed by atoms with Crippen molar-refractivity contribution in [3.63, 3.8) is 0 Å². The van der Waals surface area contributed by atoms with Crippen molar-refractivity contribution in [3.8, 4) is 17.2 Å². The summed E-state index contributed by atoms with van der Waals surface area (Å²) in [6, 6.07) is 3.49. The minimum Gasteiger partial charge on any atom is -0.507 e. The molecule has 1 aromatic heterocycles. The van der Waals surface area contributed by atoms with Gasteiger partial charge in [-0.2, -0.15) is 0 Å². The number of aliphatic hydroxyl groups is 1. The molecule has 0 amide bonds. The van der Waals surface area contributed by atoms with Gasteiger partial charge in [0.1, 0.15) is 46.5 Å². The van der Waals surface area contributed by atoms with Crippen LogP contribution in [0.4, 0.5) is 0 Å². The van der Waals surface area contributed by atoms with Crippen LogP contribution in [0.3, 0.4) is 0 Å². The van der Waals surface area contributed by atoms with E-state index in [-0.39, 0.29) is 34.7 Å². The smallest absolute Gasteiger partial charge is 0.204 e. The standard InChI is InChI=1S/C39H58N2O6/c1-11-40(12-2)21-27(9)23-45-33-20-35-37(38(43)31(33)18-16-26(7)8)39(44)36-30(17-15-25(5)6)28(10)32(19-34(36)47-35)46-24-29(42)22-41(13-3)14-4/h15-16,19-20,27,29,42-43H,11-14,17-18,21-24H2,1-10H3. The Kier molecular flexibility index (Phi) is 14.4. The topological polar surface area (TPSA) is 95.6 Å². The fraction of sp³-hybridized carbons (Fsp3) is 0.564. The number of fused-ring (bicyclic) bond motifs is 2. The second kappa shape index (κ2) is 17.7. The van der Waals surface area contributed by atoms with Crippen LogP contribution in [-0.2, 0) is 12.8 Å². The van der Waals surface area contributed by atoms with Crippen LogP contribution in [0.1, 0.15) is 79.0 Å². The third-order valence-corrected chi connectivity index (χ3v) is 8.85. The van der Waals surface area contributed by atoms with E-state index in [9.17, 15) is 15.0 Å². The van der Waals surface area contributed by atoms with Crippen molar-refractivity contribution < 1.29 is 24.1 Å². The molecule has 0 aliphatic carbocycles. The monoisotopic (exact) mass is 650 g/mol. The largest absolute Gasteiger partial charge is 0.507 e. The Morgan fingerprint density at radius 2 is 1.32 bits per heavy atom. The number of rotatable bonds is 18. The van der Waals surface area contributed by atoms with E-state index in [4.69, 9.17) is 13.9 Å². The van der Waals surface area contributed by atoms with Gasteiger partial charge in [0.25, 0.3) is 0 Å². The first-order valence-electron chi connectivity index (χ1n) is 17.3. The number of aromatic hydroxyl groups is 1. The normalized spacial score (nSPS) is 13.0. The molecule has 2 N–H and O–H groups in total. The number of ether oxygens (including phenoxy) is 2. The SMILES string of the molecule is CCN(CC)CC(C)COc1cc2oc3cc(OCC(O)CN(CC)CC)c(C)c(CC=C(C)C)c3c(=O)c2c(O)c1CC=C(C)C. The van der Waals surface area contributed by atoms with Crippen LogP contribution < -0.4 is 14.9 Å². The van der Waals surface area contributed by atoms with Crippen LogP contribution in [0.5, 0.6) is 17.2 Å². The number of nitrogens with zero attached hydrogens (tertiary/aromatic N) is 2. The summed E-state index contributed by atoms with van der Waals surface area (Å²) in [5.41, 5.74) is 4.73. The van der Waals surface area contributed by atoms with Gasteiger partial charge >= 0.3 is 0 Å². The Morgan fingerprint density at radius 1 is 0.809 bits per heavy atom. The van der Waals surface area contributed by atoms with Crippen LogP contribution in [0.25, 0.3) is 21.9 Å². The molecule has 260 valence electrons.